The lowest BCUT2D eigenvalue weighted by atomic mass is 10.1. The summed E-state index contributed by atoms with van der Waals surface area (Å²) in [7, 11) is 0. The van der Waals surface area contributed by atoms with Crippen molar-refractivity contribution in [3.05, 3.63) is 96.3 Å². The molecule has 0 fully saturated rings. The van der Waals surface area contributed by atoms with E-state index < -0.39 is 0 Å². The average Bonchev–Trinajstić information content (AvgIpc) is 3.22. The second-order valence-corrected chi connectivity index (χ2v) is 7.97. The molecule has 4 aromatic rings. The normalized spacial score (nSPS) is 11.8. The van der Waals surface area contributed by atoms with Gasteiger partial charge in [0.1, 0.15) is 0 Å². The van der Waals surface area contributed by atoms with Crippen LogP contribution < -0.4 is 10.6 Å². The van der Waals surface area contributed by atoms with Gasteiger partial charge in [-0.2, -0.15) is 0 Å². The van der Waals surface area contributed by atoms with Crippen molar-refractivity contribution in [2.24, 2.45) is 0 Å². The smallest absolute Gasteiger partial charge is 0.253 e. The van der Waals surface area contributed by atoms with Gasteiger partial charge < -0.3 is 10.6 Å². The number of para-hydroxylation sites is 1. The summed E-state index contributed by atoms with van der Waals surface area (Å²) in [6.07, 6.45) is 3.68. The van der Waals surface area contributed by atoms with Crippen molar-refractivity contribution >= 4 is 34.8 Å². The summed E-state index contributed by atoms with van der Waals surface area (Å²) in [4.78, 5) is 29.8. The zero-order chi connectivity index (χ0) is 21.6. The van der Waals surface area contributed by atoms with Crippen LogP contribution in [0.4, 0.5) is 5.69 Å². The summed E-state index contributed by atoms with van der Waals surface area (Å²) in [5.74, 6) is -0.252. The number of nitrogens with zero attached hydrogens (tertiary/aromatic N) is 2. The molecule has 0 saturated heterocycles. The first-order valence-electron chi connectivity index (χ1n) is 9.91. The SMILES string of the molecule is CC(NC(=O)c1ccccc1NC(=O)CSc1ncc2ccccn12)c1ccccc1. The van der Waals surface area contributed by atoms with Crippen LogP contribution in [0.25, 0.3) is 5.52 Å². The van der Waals surface area contributed by atoms with E-state index in [1.54, 1.807) is 30.5 Å². The molecule has 2 heterocycles. The quantitative estimate of drug-likeness (QED) is 0.422. The van der Waals surface area contributed by atoms with Crippen molar-refractivity contribution in [2.45, 2.75) is 18.1 Å². The number of anilines is 1. The predicted molar refractivity (Wildman–Crippen MR) is 123 cm³/mol. The van der Waals surface area contributed by atoms with Gasteiger partial charge in [0.2, 0.25) is 5.91 Å². The van der Waals surface area contributed by atoms with Crippen molar-refractivity contribution in [2.75, 3.05) is 11.1 Å². The predicted octanol–water partition coefficient (Wildman–Crippen LogP) is 4.56. The van der Waals surface area contributed by atoms with Gasteiger partial charge in [-0.25, -0.2) is 4.98 Å². The van der Waals surface area contributed by atoms with Crippen LogP contribution in [0.15, 0.2) is 90.3 Å². The van der Waals surface area contributed by atoms with Gasteiger partial charge in [0.05, 0.1) is 34.8 Å². The lowest BCUT2D eigenvalue weighted by Gasteiger charge is -2.16. The van der Waals surface area contributed by atoms with Crippen LogP contribution in [-0.4, -0.2) is 27.0 Å². The number of amides is 2. The molecule has 0 spiro atoms. The van der Waals surface area contributed by atoms with Crippen molar-refractivity contribution in [3.63, 3.8) is 0 Å². The first kappa shape index (κ1) is 20.7. The van der Waals surface area contributed by atoms with Gasteiger partial charge in [-0.3, -0.25) is 14.0 Å². The molecule has 7 heteroatoms. The maximum absolute atomic E-state index is 12.8. The Labute approximate surface area is 184 Å². The second-order valence-electron chi connectivity index (χ2n) is 7.02. The molecule has 0 aliphatic heterocycles. The maximum Gasteiger partial charge on any atom is 0.253 e. The van der Waals surface area contributed by atoms with E-state index in [0.29, 0.717) is 11.3 Å². The molecule has 1 atom stereocenters. The number of imidazole rings is 1. The van der Waals surface area contributed by atoms with Gasteiger partial charge in [0.25, 0.3) is 5.91 Å². The third kappa shape index (κ3) is 4.95. The molecule has 0 bridgehead atoms. The molecule has 6 nitrogen and oxygen atoms in total. The summed E-state index contributed by atoms with van der Waals surface area (Å²) in [5, 5.41) is 6.59. The number of fused-ring (bicyclic) bond motifs is 1. The highest BCUT2D eigenvalue weighted by molar-refractivity contribution is 7.99. The highest BCUT2D eigenvalue weighted by Crippen LogP contribution is 2.21. The van der Waals surface area contributed by atoms with Gasteiger partial charge in [-0.05, 0) is 36.8 Å². The molecule has 0 radical (unpaired) electrons. The van der Waals surface area contributed by atoms with E-state index in [1.165, 1.54) is 11.8 Å². The van der Waals surface area contributed by atoms with Gasteiger partial charge in [-0.15, -0.1) is 0 Å². The van der Waals surface area contributed by atoms with Crippen LogP contribution in [0.5, 0.6) is 0 Å². The molecule has 2 N–H and O–H groups in total. The molecular weight excluding hydrogens is 408 g/mol. The standard InChI is InChI=1S/C24H22N4O2S/c1-17(18-9-3-2-4-10-18)26-23(30)20-12-5-6-13-21(20)27-22(29)16-31-24-25-15-19-11-7-8-14-28(19)24/h2-15,17H,16H2,1H3,(H,26,30)(H,27,29). The summed E-state index contributed by atoms with van der Waals surface area (Å²) in [6.45, 7) is 1.93. The molecule has 2 aromatic heterocycles. The number of rotatable bonds is 7. The molecule has 2 aromatic carbocycles. The Morgan fingerprint density at radius 2 is 1.74 bits per heavy atom. The van der Waals surface area contributed by atoms with Crippen LogP contribution >= 0.6 is 11.8 Å². The number of thioether (sulfide) groups is 1. The molecule has 31 heavy (non-hydrogen) atoms. The second kappa shape index (κ2) is 9.49. The Hall–Kier alpha value is -3.58. The van der Waals surface area contributed by atoms with E-state index in [4.69, 9.17) is 0 Å². The van der Waals surface area contributed by atoms with E-state index in [2.05, 4.69) is 15.6 Å². The highest BCUT2D eigenvalue weighted by atomic mass is 32.2. The minimum atomic E-state index is -0.237. The van der Waals surface area contributed by atoms with E-state index in [0.717, 1.165) is 16.2 Å². The number of pyridine rings is 1. The zero-order valence-corrected chi connectivity index (χ0v) is 17.8. The molecule has 2 amide bonds. The van der Waals surface area contributed by atoms with Crippen LogP contribution in [0.3, 0.4) is 0 Å². The van der Waals surface area contributed by atoms with Crippen molar-refractivity contribution < 1.29 is 9.59 Å². The third-order valence-corrected chi connectivity index (χ3v) is 5.80. The van der Waals surface area contributed by atoms with Crippen LogP contribution in [0.2, 0.25) is 0 Å². The van der Waals surface area contributed by atoms with Crippen molar-refractivity contribution in [1.29, 1.82) is 0 Å². The fourth-order valence-electron chi connectivity index (χ4n) is 3.23. The minimum absolute atomic E-state index is 0.151. The van der Waals surface area contributed by atoms with E-state index in [9.17, 15) is 9.59 Å². The number of carbonyl (C=O) groups excluding carboxylic acids is 2. The summed E-state index contributed by atoms with van der Waals surface area (Å²) >= 11 is 1.35. The summed E-state index contributed by atoms with van der Waals surface area (Å²) < 4.78 is 1.93. The fraction of sp³-hybridized carbons (Fsp3) is 0.125. The lowest BCUT2D eigenvalue weighted by molar-refractivity contribution is -0.113. The first-order chi connectivity index (χ1) is 15.1. The van der Waals surface area contributed by atoms with Crippen LogP contribution in [-0.2, 0) is 4.79 Å². The largest absolute Gasteiger partial charge is 0.345 e. The topological polar surface area (TPSA) is 75.5 Å². The van der Waals surface area contributed by atoms with Crippen LogP contribution in [0, 0.1) is 0 Å². The van der Waals surface area contributed by atoms with E-state index >= 15 is 0 Å². The Bertz CT molecular complexity index is 1210. The van der Waals surface area contributed by atoms with E-state index in [-0.39, 0.29) is 23.6 Å². The minimum Gasteiger partial charge on any atom is -0.345 e. The third-order valence-electron chi connectivity index (χ3n) is 4.83. The zero-order valence-electron chi connectivity index (χ0n) is 17.0. The van der Waals surface area contributed by atoms with Crippen molar-refractivity contribution in [3.8, 4) is 0 Å². The number of nitrogens with one attached hydrogen (secondary N) is 2. The monoisotopic (exact) mass is 430 g/mol. The molecule has 0 aliphatic rings. The van der Waals surface area contributed by atoms with Gasteiger partial charge in [0, 0.05) is 6.20 Å². The number of hydrogen-bond donors (Lipinski definition) is 2. The van der Waals surface area contributed by atoms with Crippen molar-refractivity contribution in [1.82, 2.24) is 14.7 Å². The highest BCUT2D eigenvalue weighted by Gasteiger charge is 2.16. The Balaban J connectivity index is 1.40. The van der Waals surface area contributed by atoms with Gasteiger partial charge >= 0.3 is 0 Å². The van der Waals surface area contributed by atoms with Gasteiger partial charge in [-0.1, -0.05) is 60.3 Å². The summed E-state index contributed by atoms with van der Waals surface area (Å²) in [5.41, 5.74) is 2.90. The molecule has 156 valence electrons. The lowest BCUT2D eigenvalue weighted by Crippen LogP contribution is -2.28. The first-order valence-corrected chi connectivity index (χ1v) is 10.9. The van der Waals surface area contributed by atoms with Gasteiger partial charge in [0.15, 0.2) is 5.16 Å². The molecule has 4 rings (SSSR count). The van der Waals surface area contributed by atoms with E-state index in [1.807, 2.05) is 66.1 Å². The molecule has 0 saturated carbocycles. The number of carbonyl (C=O) groups is 2. The van der Waals surface area contributed by atoms with Crippen LogP contribution in [0.1, 0.15) is 28.9 Å². The Morgan fingerprint density at radius 3 is 2.58 bits per heavy atom. The Kier molecular flexibility index (Phi) is 6.33. The summed E-state index contributed by atoms with van der Waals surface area (Å²) in [6, 6.07) is 22.4. The Morgan fingerprint density at radius 1 is 1.00 bits per heavy atom. The number of aromatic nitrogens is 2. The fourth-order valence-corrected chi connectivity index (χ4v) is 4.00. The number of benzene rings is 2. The maximum atomic E-state index is 12.8. The number of hydrogen-bond acceptors (Lipinski definition) is 4. The molecular formula is C24H22N4O2S. The molecule has 1 unspecified atom stereocenters. The molecule has 0 aliphatic carbocycles. The average molecular weight is 431 g/mol.